The van der Waals surface area contributed by atoms with Gasteiger partial charge in [-0.1, -0.05) is 6.07 Å². The lowest BCUT2D eigenvalue weighted by molar-refractivity contribution is -0.385. The van der Waals surface area contributed by atoms with E-state index in [2.05, 4.69) is 20.8 Å². The topological polar surface area (TPSA) is 137 Å². The van der Waals surface area contributed by atoms with Crippen LogP contribution in [0, 0.1) is 17.0 Å². The Morgan fingerprint density at radius 1 is 1.21 bits per heavy atom. The van der Waals surface area contributed by atoms with Crippen LogP contribution < -0.4 is 10.6 Å². The third-order valence-corrected chi connectivity index (χ3v) is 4.08. The second-order valence-electron chi connectivity index (χ2n) is 6.17. The van der Waals surface area contributed by atoms with Gasteiger partial charge in [0.15, 0.2) is 0 Å². The number of nitrogens with zero attached hydrogens (tertiary/aromatic N) is 5. The van der Waals surface area contributed by atoms with Crippen LogP contribution in [0.4, 0.5) is 17.1 Å². The molecule has 2 N–H and O–H groups in total. The first-order valence-electron chi connectivity index (χ1n) is 8.79. The number of carbonyl (C=O) groups excluding carboxylic acids is 2. The molecule has 2 heterocycles. The minimum atomic E-state index is -0.548. The van der Waals surface area contributed by atoms with Gasteiger partial charge in [0, 0.05) is 24.1 Å². The number of aromatic nitrogens is 4. The van der Waals surface area contributed by atoms with Gasteiger partial charge in [-0.05, 0) is 38.1 Å². The molecule has 0 fully saturated rings. The van der Waals surface area contributed by atoms with E-state index in [0.29, 0.717) is 23.6 Å². The van der Waals surface area contributed by atoms with E-state index >= 15 is 0 Å². The Hall–Kier alpha value is -4.02. The maximum absolute atomic E-state index is 12.4. The Morgan fingerprint density at radius 3 is 2.59 bits per heavy atom. The smallest absolute Gasteiger partial charge is 0.309 e. The summed E-state index contributed by atoms with van der Waals surface area (Å²) in [5.41, 5.74) is 1.49. The van der Waals surface area contributed by atoms with Gasteiger partial charge < -0.3 is 10.6 Å². The molecule has 0 spiro atoms. The highest BCUT2D eigenvalue weighted by atomic mass is 16.6. The molecule has 2 aromatic heterocycles. The van der Waals surface area contributed by atoms with Crippen LogP contribution in [0.25, 0.3) is 0 Å². The van der Waals surface area contributed by atoms with Crippen molar-refractivity contribution in [2.24, 2.45) is 0 Å². The number of nitrogens with one attached hydrogen (secondary N) is 2. The molecule has 3 rings (SSSR count). The van der Waals surface area contributed by atoms with Gasteiger partial charge in [0.2, 0.25) is 5.91 Å². The number of benzene rings is 1. The molecule has 29 heavy (non-hydrogen) atoms. The van der Waals surface area contributed by atoms with E-state index in [1.165, 1.54) is 17.8 Å². The fourth-order valence-electron chi connectivity index (χ4n) is 2.76. The van der Waals surface area contributed by atoms with Crippen molar-refractivity contribution in [3.8, 4) is 0 Å². The maximum atomic E-state index is 12.4. The van der Waals surface area contributed by atoms with Crippen molar-refractivity contribution in [2.45, 2.75) is 26.9 Å². The molecule has 0 aliphatic heterocycles. The second kappa shape index (κ2) is 8.33. The standard InChI is InChI=1S/C18H19N7O4/c1-3-24-15(7-8-19-24)18(27)21-14-6-4-5-13(9-14)20-17(26)11-23-10-16(25(28)29)12(2)22-23/h4-10H,3,11H2,1-2H3,(H,20,26)(H,21,27). The molecule has 0 atom stereocenters. The average molecular weight is 397 g/mol. The monoisotopic (exact) mass is 397 g/mol. The molecule has 0 aliphatic carbocycles. The summed E-state index contributed by atoms with van der Waals surface area (Å²) < 4.78 is 2.78. The van der Waals surface area contributed by atoms with Gasteiger partial charge in [0.25, 0.3) is 5.91 Å². The summed E-state index contributed by atoms with van der Waals surface area (Å²) >= 11 is 0. The number of hydrogen-bond donors (Lipinski definition) is 2. The van der Waals surface area contributed by atoms with Crippen LogP contribution in [0.1, 0.15) is 23.1 Å². The molecule has 3 aromatic rings. The van der Waals surface area contributed by atoms with Gasteiger partial charge in [-0.15, -0.1) is 0 Å². The summed E-state index contributed by atoms with van der Waals surface area (Å²) in [7, 11) is 0. The van der Waals surface area contributed by atoms with Crippen LogP contribution in [-0.2, 0) is 17.9 Å². The Kier molecular flexibility index (Phi) is 5.67. The van der Waals surface area contributed by atoms with E-state index in [9.17, 15) is 19.7 Å². The summed E-state index contributed by atoms with van der Waals surface area (Å²) in [4.78, 5) is 35.0. The number of rotatable bonds is 7. The number of carbonyl (C=O) groups is 2. The Balaban J connectivity index is 1.65. The molecule has 2 amide bonds. The minimum Gasteiger partial charge on any atom is -0.324 e. The van der Waals surface area contributed by atoms with Gasteiger partial charge >= 0.3 is 5.69 Å². The quantitative estimate of drug-likeness (QED) is 0.463. The number of hydrogen-bond acceptors (Lipinski definition) is 6. The molecular weight excluding hydrogens is 378 g/mol. The molecule has 0 aliphatic rings. The first kappa shape index (κ1) is 19.7. The largest absolute Gasteiger partial charge is 0.324 e. The molecule has 0 radical (unpaired) electrons. The van der Waals surface area contributed by atoms with Gasteiger partial charge in [-0.2, -0.15) is 10.2 Å². The number of aryl methyl sites for hydroxylation is 2. The normalized spacial score (nSPS) is 10.6. The zero-order valence-corrected chi connectivity index (χ0v) is 15.8. The predicted octanol–water partition coefficient (Wildman–Crippen LogP) is 2.21. The highest BCUT2D eigenvalue weighted by molar-refractivity contribution is 6.03. The SMILES string of the molecule is CCn1nccc1C(=O)Nc1cccc(NC(=O)Cn2cc([N+](=O)[O-])c(C)n2)c1. The van der Waals surface area contributed by atoms with Crippen molar-refractivity contribution in [2.75, 3.05) is 10.6 Å². The van der Waals surface area contributed by atoms with Gasteiger partial charge in [0.05, 0.1) is 4.92 Å². The molecule has 150 valence electrons. The lowest BCUT2D eigenvalue weighted by atomic mass is 10.2. The van der Waals surface area contributed by atoms with Gasteiger partial charge in [0.1, 0.15) is 24.1 Å². The Labute approximate surface area is 165 Å². The summed E-state index contributed by atoms with van der Waals surface area (Å²) in [5, 5.41) is 24.3. The van der Waals surface area contributed by atoms with Crippen LogP contribution in [0.2, 0.25) is 0 Å². The highest BCUT2D eigenvalue weighted by Gasteiger charge is 2.17. The van der Waals surface area contributed by atoms with Crippen LogP contribution in [0.3, 0.4) is 0 Å². The molecule has 0 saturated carbocycles. The van der Waals surface area contributed by atoms with Crippen LogP contribution in [-0.4, -0.2) is 36.3 Å². The van der Waals surface area contributed by atoms with Crippen LogP contribution in [0.5, 0.6) is 0 Å². The van der Waals surface area contributed by atoms with Crippen molar-refractivity contribution >= 4 is 28.9 Å². The Morgan fingerprint density at radius 2 is 1.93 bits per heavy atom. The van der Waals surface area contributed by atoms with Crippen LogP contribution in [0.15, 0.2) is 42.7 Å². The van der Waals surface area contributed by atoms with Gasteiger partial charge in [-0.3, -0.25) is 29.1 Å². The molecule has 0 bridgehead atoms. The van der Waals surface area contributed by atoms with Crippen molar-refractivity contribution in [3.05, 3.63) is 64.2 Å². The summed E-state index contributed by atoms with van der Waals surface area (Å²) in [6.07, 6.45) is 2.76. The lowest BCUT2D eigenvalue weighted by Gasteiger charge is -2.09. The zero-order valence-electron chi connectivity index (χ0n) is 15.8. The fourth-order valence-corrected chi connectivity index (χ4v) is 2.76. The zero-order chi connectivity index (χ0) is 21.0. The van der Waals surface area contributed by atoms with E-state index < -0.39 is 10.8 Å². The summed E-state index contributed by atoms with van der Waals surface area (Å²) in [6, 6.07) is 8.28. The van der Waals surface area contributed by atoms with E-state index in [4.69, 9.17) is 0 Å². The van der Waals surface area contributed by atoms with Crippen molar-refractivity contribution in [3.63, 3.8) is 0 Å². The molecule has 0 unspecified atom stereocenters. The third kappa shape index (κ3) is 4.64. The van der Waals surface area contributed by atoms with Crippen molar-refractivity contribution in [1.82, 2.24) is 19.6 Å². The first-order valence-corrected chi connectivity index (χ1v) is 8.79. The minimum absolute atomic E-state index is 0.145. The van der Waals surface area contributed by atoms with E-state index in [1.807, 2.05) is 6.92 Å². The molecule has 11 heteroatoms. The average Bonchev–Trinajstić information content (AvgIpc) is 3.28. The first-order chi connectivity index (χ1) is 13.9. The third-order valence-electron chi connectivity index (χ3n) is 4.08. The van der Waals surface area contributed by atoms with Crippen molar-refractivity contribution < 1.29 is 14.5 Å². The van der Waals surface area contributed by atoms with E-state index in [-0.39, 0.29) is 23.8 Å². The summed E-state index contributed by atoms with van der Waals surface area (Å²) in [6.45, 7) is 3.77. The number of amides is 2. The summed E-state index contributed by atoms with van der Waals surface area (Å²) in [5.74, 6) is -0.720. The fraction of sp³-hybridized carbons (Fsp3) is 0.222. The number of nitro groups is 1. The molecule has 0 saturated heterocycles. The second-order valence-corrected chi connectivity index (χ2v) is 6.17. The lowest BCUT2D eigenvalue weighted by Crippen LogP contribution is -2.20. The predicted molar refractivity (Wildman–Crippen MR) is 105 cm³/mol. The number of anilines is 2. The molecule has 11 nitrogen and oxygen atoms in total. The molecule has 1 aromatic carbocycles. The maximum Gasteiger partial charge on any atom is 0.309 e. The van der Waals surface area contributed by atoms with Gasteiger partial charge in [-0.25, -0.2) is 0 Å². The molecular formula is C18H19N7O4. The van der Waals surface area contributed by atoms with E-state index in [0.717, 1.165) is 0 Å². The Bertz CT molecular complexity index is 1070. The highest BCUT2D eigenvalue weighted by Crippen LogP contribution is 2.17. The van der Waals surface area contributed by atoms with Crippen molar-refractivity contribution in [1.29, 1.82) is 0 Å². The van der Waals surface area contributed by atoms with E-state index in [1.54, 1.807) is 41.2 Å². The van der Waals surface area contributed by atoms with Crippen LogP contribution >= 0.6 is 0 Å².